The number of benzene rings is 2. The van der Waals surface area contributed by atoms with Gasteiger partial charge in [-0.1, -0.05) is 12.1 Å². The van der Waals surface area contributed by atoms with Gasteiger partial charge in [-0.3, -0.25) is 9.59 Å². The maximum absolute atomic E-state index is 12.4. The van der Waals surface area contributed by atoms with Crippen LogP contribution in [-0.4, -0.2) is 42.4 Å². The minimum Gasteiger partial charge on any atom is -0.452 e. The molecule has 0 spiro atoms. The van der Waals surface area contributed by atoms with E-state index in [1.807, 2.05) is 20.8 Å². The zero-order chi connectivity index (χ0) is 20.7. The molecular weight excluding hydrogens is 358 g/mol. The summed E-state index contributed by atoms with van der Waals surface area (Å²) in [6.07, 6.45) is 0. The van der Waals surface area contributed by atoms with Crippen LogP contribution in [0.4, 0.5) is 11.4 Å². The molecule has 28 heavy (non-hydrogen) atoms. The summed E-state index contributed by atoms with van der Waals surface area (Å²) in [6.45, 7) is 6.40. The summed E-state index contributed by atoms with van der Waals surface area (Å²) in [5.41, 5.74) is 8.33. The molecule has 7 heteroatoms. The summed E-state index contributed by atoms with van der Waals surface area (Å²) in [5, 5.41) is 2.63. The van der Waals surface area contributed by atoms with E-state index in [1.165, 1.54) is 6.07 Å². The first kappa shape index (κ1) is 21.0. The predicted molar refractivity (Wildman–Crippen MR) is 108 cm³/mol. The van der Waals surface area contributed by atoms with E-state index in [-0.39, 0.29) is 11.5 Å². The molecule has 2 aromatic carbocycles. The lowest BCUT2D eigenvalue weighted by atomic mass is 10.1. The van der Waals surface area contributed by atoms with E-state index in [2.05, 4.69) is 5.32 Å². The van der Waals surface area contributed by atoms with Crippen LogP contribution in [0.1, 0.15) is 40.1 Å². The van der Waals surface area contributed by atoms with E-state index in [4.69, 9.17) is 10.5 Å². The highest BCUT2D eigenvalue weighted by Crippen LogP contribution is 2.15. The highest BCUT2D eigenvalue weighted by atomic mass is 16.5. The van der Waals surface area contributed by atoms with Crippen molar-refractivity contribution in [1.29, 1.82) is 0 Å². The van der Waals surface area contributed by atoms with Gasteiger partial charge in [-0.25, -0.2) is 4.79 Å². The Morgan fingerprint density at radius 3 is 2.39 bits per heavy atom. The number of hydrogen-bond donors (Lipinski definition) is 2. The van der Waals surface area contributed by atoms with E-state index in [0.717, 1.165) is 5.56 Å². The lowest BCUT2D eigenvalue weighted by molar-refractivity contribution is -0.119. The third kappa shape index (κ3) is 5.33. The third-order valence-corrected chi connectivity index (χ3v) is 4.29. The molecule has 0 atom stereocenters. The summed E-state index contributed by atoms with van der Waals surface area (Å²) in [5.74, 6) is -1.24. The SMILES string of the molecule is CCN(CC)C(=O)c1cccc(NC(=O)COC(=O)c2ccc(C)c(N)c2)c1. The van der Waals surface area contributed by atoms with Crippen molar-refractivity contribution in [2.24, 2.45) is 0 Å². The van der Waals surface area contributed by atoms with E-state index in [0.29, 0.717) is 30.0 Å². The van der Waals surface area contributed by atoms with Gasteiger partial charge in [0.15, 0.2) is 6.61 Å². The minimum atomic E-state index is -0.632. The van der Waals surface area contributed by atoms with Crippen molar-refractivity contribution in [2.45, 2.75) is 20.8 Å². The number of anilines is 2. The number of nitrogens with one attached hydrogen (secondary N) is 1. The van der Waals surface area contributed by atoms with Gasteiger partial charge in [0.05, 0.1) is 5.56 Å². The van der Waals surface area contributed by atoms with Gasteiger partial charge in [0.1, 0.15) is 0 Å². The van der Waals surface area contributed by atoms with Crippen molar-refractivity contribution in [3.63, 3.8) is 0 Å². The Morgan fingerprint density at radius 2 is 1.75 bits per heavy atom. The first-order valence-electron chi connectivity index (χ1n) is 9.08. The molecule has 148 valence electrons. The van der Waals surface area contributed by atoms with Crippen LogP contribution in [0.2, 0.25) is 0 Å². The molecule has 2 aromatic rings. The van der Waals surface area contributed by atoms with Crippen LogP contribution in [0, 0.1) is 6.92 Å². The number of aryl methyl sites for hydroxylation is 1. The number of ether oxygens (including phenoxy) is 1. The molecule has 0 fully saturated rings. The zero-order valence-corrected chi connectivity index (χ0v) is 16.3. The predicted octanol–water partition coefficient (Wildman–Crippen LogP) is 2.85. The van der Waals surface area contributed by atoms with Crippen LogP contribution < -0.4 is 11.1 Å². The van der Waals surface area contributed by atoms with Gasteiger partial charge in [-0.15, -0.1) is 0 Å². The van der Waals surface area contributed by atoms with Crippen molar-refractivity contribution in [2.75, 3.05) is 30.7 Å². The van der Waals surface area contributed by atoms with Gasteiger partial charge in [-0.05, 0) is 56.7 Å². The van der Waals surface area contributed by atoms with Gasteiger partial charge < -0.3 is 20.7 Å². The number of hydrogen-bond acceptors (Lipinski definition) is 5. The Balaban J connectivity index is 1.96. The molecule has 0 heterocycles. The maximum atomic E-state index is 12.4. The molecular formula is C21H25N3O4. The lowest BCUT2D eigenvalue weighted by Gasteiger charge is -2.19. The Labute approximate surface area is 164 Å². The largest absolute Gasteiger partial charge is 0.452 e. The fraction of sp³-hybridized carbons (Fsp3) is 0.286. The fourth-order valence-electron chi connectivity index (χ4n) is 2.60. The van der Waals surface area contributed by atoms with Gasteiger partial charge in [-0.2, -0.15) is 0 Å². The molecule has 0 unspecified atom stereocenters. The maximum Gasteiger partial charge on any atom is 0.338 e. The fourth-order valence-corrected chi connectivity index (χ4v) is 2.60. The highest BCUT2D eigenvalue weighted by molar-refractivity contribution is 5.98. The Morgan fingerprint density at radius 1 is 1.04 bits per heavy atom. The van der Waals surface area contributed by atoms with Crippen molar-refractivity contribution < 1.29 is 19.1 Å². The smallest absolute Gasteiger partial charge is 0.338 e. The second-order valence-electron chi connectivity index (χ2n) is 6.25. The van der Waals surface area contributed by atoms with Crippen LogP contribution in [0.15, 0.2) is 42.5 Å². The van der Waals surface area contributed by atoms with Crippen LogP contribution in [0.25, 0.3) is 0 Å². The minimum absolute atomic E-state index is 0.107. The molecule has 0 bridgehead atoms. The zero-order valence-electron chi connectivity index (χ0n) is 16.3. The van der Waals surface area contributed by atoms with Gasteiger partial charge in [0.2, 0.25) is 0 Å². The Bertz CT molecular complexity index is 876. The van der Waals surface area contributed by atoms with E-state index >= 15 is 0 Å². The van der Waals surface area contributed by atoms with Crippen LogP contribution >= 0.6 is 0 Å². The summed E-state index contributed by atoms with van der Waals surface area (Å²) in [4.78, 5) is 38.2. The molecule has 2 rings (SSSR count). The van der Waals surface area contributed by atoms with Crippen molar-refractivity contribution in [3.8, 4) is 0 Å². The number of esters is 1. The standard InChI is InChI=1S/C21H25N3O4/c1-4-24(5-2)20(26)15-7-6-8-17(11-15)23-19(25)13-28-21(27)16-10-9-14(3)18(22)12-16/h6-12H,4-5,13,22H2,1-3H3,(H,23,25). The number of nitrogens with two attached hydrogens (primary N) is 1. The topological polar surface area (TPSA) is 102 Å². The van der Waals surface area contributed by atoms with Gasteiger partial charge >= 0.3 is 5.97 Å². The lowest BCUT2D eigenvalue weighted by Crippen LogP contribution is -2.30. The van der Waals surface area contributed by atoms with Crippen molar-refractivity contribution >= 4 is 29.2 Å². The van der Waals surface area contributed by atoms with Gasteiger partial charge in [0, 0.05) is 30.0 Å². The molecule has 0 saturated carbocycles. The number of rotatable bonds is 7. The summed E-state index contributed by atoms with van der Waals surface area (Å²) in [6, 6.07) is 11.5. The number of amides is 2. The van der Waals surface area contributed by atoms with Crippen LogP contribution in [0.3, 0.4) is 0 Å². The number of carbonyl (C=O) groups excluding carboxylic acids is 3. The Hall–Kier alpha value is -3.35. The first-order valence-corrected chi connectivity index (χ1v) is 9.08. The molecule has 0 radical (unpaired) electrons. The molecule has 7 nitrogen and oxygen atoms in total. The normalized spacial score (nSPS) is 10.2. The van der Waals surface area contributed by atoms with Crippen LogP contribution in [-0.2, 0) is 9.53 Å². The molecule has 0 aliphatic heterocycles. The van der Waals surface area contributed by atoms with Crippen molar-refractivity contribution in [3.05, 3.63) is 59.2 Å². The Kier molecular flexibility index (Phi) is 7.14. The highest BCUT2D eigenvalue weighted by Gasteiger charge is 2.14. The number of nitrogen functional groups attached to an aromatic ring is 1. The third-order valence-electron chi connectivity index (χ3n) is 4.29. The summed E-state index contributed by atoms with van der Waals surface area (Å²) >= 11 is 0. The second kappa shape index (κ2) is 9.55. The second-order valence-corrected chi connectivity index (χ2v) is 6.25. The molecule has 0 saturated heterocycles. The van der Waals surface area contributed by atoms with Gasteiger partial charge in [0.25, 0.3) is 11.8 Å². The molecule has 3 N–H and O–H groups in total. The molecule has 0 aliphatic rings. The number of nitrogens with zero attached hydrogens (tertiary/aromatic N) is 1. The van der Waals surface area contributed by atoms with E-state index < -0.39 is 18.5 Å². The summed E-state index contributed by atoms with van der Waals surface area (Å²) in [7, 11) is 0. The quantitative estimate of drug-likeness (QED) is 0.565. The van der Waals surface area contributed by atoms with Crippen LogP contribution in [0.5, 0.6) is 0 Å². The monoisotopic (exact) mass is 383 g/mol. The average Bonchev–Trinajstić information content (AvgIpc) is 2.69. The molecule has 2 amide bonds. The molecule has 0 aromatic heterocycles. The average molecular weight is 383 g/mol. The van der Waals surface area contributed by atoms with E-state index in [9.17, 15) is 14.4 Å². The first-order chi connectivity index (χ1) is 13.3. The summed E-state index contributed by atoms with van der Waals surface area (Å²) < 4.78 is 5.03. The van der Waals surface area contributed by atoms with Crippen molar-refractivity contribution in [1.82, 2.24) is 4.90 Å². The van der Waals surface area contributed by atoms with E-state index in [1.54, 1.807) is 41.3 Å². The molecule has 0 aliphatic carbocycles. The number of carbonyl (C=O) groups is 3.